The quantitative estimate of drug-likeness (QED) is 0.142. The first-order chi connectivity index (χ1) is 21.8. The maximum atomic E-state index is 13.7. The molecular formula is C33H35N3O9S. The molecule has 3 N–H and O–H groups in total. The van der Waals surface area contributed by atoms with Crippen molar-refractivity contribution < 1.29 is 42.1 Å². The van der Waals surface area contributed by atoms with Gasteiger partial charge in [0.25, 0.3) is 10.0 Å². The van der Waals surface area contributed by atoms with Crippen molar-refractivity contribution in [2.45, 2.75) is 38.0 Å². The number of ether oxygens (including phenoxy) is 4. The van der Waals surface area contributed by atoms with Gasteiger partial charge in [0.05, 0.1) is 23.3 Å². The largest absolute Gasteiger partial charge is 0.497 e. The number of sulfonamides is 1. The van der Waals surface area contributed by atoms with Crippen LogP contribution in [0.2, 0.25) is 0 Å². The Hall–Kier alpha value is -5.30. The van der Waals surface area contributed by atoms with Crippen LogP contribution >= 0.6 is 0 Å². The van der Waals surface area contributed by atoms with E-state index in [1.165, 1.54) is 38.4 Å². The van der Waals surface area contributed by atoms with Crippen molar-refractivity contribution in [1.82, 2.24) is 4.98 Å². The zero-order chi connectivity index (χ0) is 33.5. The van der Waals surface area contributed by atoms with Crippen LogP contribution in [0.25, 0.3) is 0 Å². The van der Waals surface area contributed by atoms with Crippen LogP contribution in [-0.4, -0.2) is 50.9 Å². The smallest absolute Gasteiger partial charge is 0.412 e. The maximum Gasteiger partial charge on any atom is 0.412 e. The molecule has 0 radical (unpaired) electrons. The summed E-state index contributed by atoms with van der Waals surface area (Å²) >= 11 is 0. The first-order valence-corrected chi connectivity index (χ1v) is 15.6. The number of pyridine rings is 1. The predicted octanol–water partition coefficient (Wildman–Crippen LogP) is 6.61. The van der Waals surface area contributed by atoms with Crippen LogP contribution < -0.4 is 24.2 Å². The highest BCUT2D eigenvalue weighted by Gasteiger charge is 2.27. The fourth-order valence-electron chi connectivity index (χ4n) is 4.26. The number of benzene rings is 3. The standard InChI is InChI=1S/C33H35N3O9S/c1-21-26(31(37)38)20-27(43-17-18-44-32(39)35-28-11-6-7-16-34-28)30(45-24-10-8-9-23(19-24)42-5)29(21)36-46(40,41)25-14-12-22(13-15-25)33(2,3)4/h6-16,19-20,36H,17-18H2,1-5H3,(H,37,38)(H,34,35,39). The molecular weight excluding hydrogens is 614 g/mol. The monoisotopic (exact) mass is 649 g/mol. The number of methoxy groups -OCH3 is 1. The number of carbonyl (C=O) groups is 2. The number of hydrogen-bond donors (Lipinski definition) is 3. The molecule has 13 heteroatoms. The summed E-state index contributed by atoms with van der Waals surface area (Å²) < 4.78 is 52.3. The Morgan fingerprint density at radius 1 is 0.935 bits per heavy atom. The summed E-state index contributed by atoms with van der Waals surface area (Å²) in [6, 6.07) is 19.1. The normalized spacial score (nSPS) is 11.3. The van der Waals surface area contributed by atoms with E-state index in [9.17, 15) is 23.1 Å². The van der Waals surface area contributed by atoms with E-state index in [0.717, 1.165) is 5.56 Å². The number of hydrogen-bond acceptors (Lipinski definition) is 9. The average molecular weight is 650 g/mol. The maximum absolute atomic E-state index is 13.7. The summed E-state index contributed by atoms with van der Waals surface area (Å²) in [5.41, 5.74) is 0.436. The summed E-state index contributed by atoms with van der Waals surface area (Å²) in [4.78, 5) is 28.4. The summed E-state index contributed by atoms with van der Waals surface area (Å²) in [5, 5.41) is 12.5. The third-order valence-electron chi connectivity index (χ3n) is 6.73. The van der Waals surface area contributed by atoms with E-state index in [2.05, 4.69) is 15.0 Å². The molecule has 0 saturated heterocycles. The molecule has 0 aliphatic rings. The van der Waals surface area contributed by atoms with Gasteiger partial charge in [-0.1, -0.05) is 45.0 Å². The number of rotatable bonds is 12. The van der Waals surface area contributed by atoms with Crippen LogP contribution in [0, 0.1) is 6.92 Å². The van der Waals surface area contributed by atoms with Crippen LogP contribution in [0.1, 0.15) is 42.3 Å². The van der Waals surface area contributed by atoms with Crippen molar-refractivity contribution in [3.8, 4) is 23.0 Å². The summed E-state index contributed by atoms with van der Waals surface area (Å²) in [6.07, 6.45) is 0.725. The molecule has 0 aliphatic heterocycles. The molecule has 3 aromatic carbocycles. The van der Waals surface area contributed by atoms with Crippen LogP contribution in [-0.2, 0) is 20.2 Å². The zero-order valence-corrected chi connectivity index (χ0v) is 26.8. The number of aromatic carboxylic acids is 1. The van der Waals surface area contributed by atoms with Crippen molar-refractivity contribution in [3.63, 3.8) is 0 Å². The minimum absolute atomic E-state index is 0.0391. The summed E-state index contributed by atoms with van der Waals surface area (Å²) in [5.74, 6) is -0.531. The Labute approximate surface area is 267 Å². The number of carboxylic acids is 1. The van der Waals surface area contributed by atoms with Gasteiger partial charge in [-0.2, -0.15) is 0 Å². The van der Waals surface area contributed by atoms with Gasteiger partial charge in [-0.15, -0.1) is 0 Å². The van der Waals surface area contributed by atoms with E-state index in [0.29, 0.717) is 5.75 Å². The lowest BCUT2D eigenvalue weighted by Gasteiger charge is -2.22. The molecule has 1 amide bonds. The highest BCUT2D eigenvalue weighted by molar-refractivity contribution is 7.92. The molecule has 4 aromatic rings. The van der Waals surface area contributed by atoms with Crippen LogP contribution in [0.5, 0.6) is 23.0 Å². The van der Waals surface area contributed by atoms with Crippen LogP contribution in [0.4, 0.5) is 16.3 Å². The lowest BCUT2D eigenvalue weighted by Crippen LogP contribution is -2.19. The van der Waals surface area contributed by atoms with Gasteiger partial charge in [0, 0.05) is 12.3 Å². The molecule has 0 spiro atoms. The zero-order valence-electron chi connectivity index (χ0n) is 26.0. The van der Waals surface area contributed by atoms with Crippen molar-refractivity contribution in [1.29, 1.82) is 0 Å². The molecule has 0 fully saturated rings. The van der Waals surface area contributed by atoms with Crippen molar-refractivity contribution in [2.24, 2.45) is 0 Å². The van der Waals surface area contributed by atoms with Gasteiger partial charge in [0.15, 0.2) is 11.5 Å². The molecule has 4 rings (SSSR count). The minimum Gasteiger partial charge on any atom is -0.497 e. The van der Waals surface area contributed by atoms with Crippen molar-refractivity contribution >= 4 is 33.6 Å². The number of aromatic nitrogens is 1. The molecule has 242 valence electrons. The van der Waals surface area contributed by atoms with E-state index in [1.807, 2.05) is 20.8 Å². The van der Waals surface area contributed by atoms with Crippen LogP contribution in [0.15, 0.2) is 83.9 Å². The van der Waals surface area contributed by atoms with Gasteiger partial charge in [-0.25, -0.2) is 23.0 Å². The van der Waals surface area contributed by atoms with Crippen molar-refractivity contribution in [2.75, 3.05) is 30.4 Å². The highest BCUT2D eigenvalue weighted by atomic mass is 32.2. The molecule has 1 heterocycles. The van der Waals surface area contributed by atoms with E-state index in [4.69, 9.17) is 18.9 Å². The predicted molar refractivity (Wildman–Crippen MR) is 172 cm³/mol. The first-order valence-electron chi connectivity index (χ1n) is 14.1. The fraction of sp³-hybridized carbons (Fsp3) is 0.242. The lowest BCUT2D eigenvalue weighted by molar-refractivity contribution is 0.0695. The third-order valence-corrected chi connectivity index (χ3v) is 8.10. The van der Waals surface area contributed by atoms with Gasteiger partial charge in [0.1, 0.15) is 30.5 Å². The first kappa shape index (κ1) is 33.6. The van der Waals surface area contributed by atoms with Gasteiger partial charge in [0.2, 0.25) is 0 Å². The molecule has 0 unspecified atom stereocenters. The number of anilines is 2. The van der Waals surface area contributed by atoms with E-state index in [1.54, 1.807) is 54.6 Å². The number of nitrogens with one attached hydrogen (secondary N) is 2. The molecule has 0 saturated carbocycles. The highest BCUT2D eigenvalue weighted by Crippen LogP contribution is 2.44. The number of carboxylic acid groups (broad SMARTS) is 1. The van der Waals surface area contributed by atoms with Gasteiger partial charge < -0.3 is 24.1 Å². The second kappa shape index (κ2) is 14.2. The topological polar surface area (TPSA) is 162 Å². The van der Waals surface area contributed by atoms with Gasteiger partial charge in [-0.3, -0.25) is 10.0 Å². The number of amides is 1. The Morgan fingerprint density at radius 2 is 1.65 bits per heavy atom. The molecule has 12 nitrogen and oxygen atoms in total. The third kappa shape index (κ3) is 8.45. The minimum atomic E-state index is -4.24. The summed E-state index contributed by atoms with van der Waals surface area (Å²) in [6.45, 7) is 7.02. The second-order valence-corrected chi connectivity index (χ2v) is 12.7. The van der Waals surface area contributed by atoms with Crippen LogP contribution in [0.3, 0.4) is 0 Å². The molecule has 0 atom stereocenters. The average Bonchev–Trinajstić information content (AvgIpc) is 3.02. The molecule has 0 aliphatic carbocycles. The molecule has 46 heavy (non-hydrogen) atoms. The lowest BCUT2D eigenvalue weighted by atomic mass is 9.87. The second-order valence-electron chi connectivity index (χ2n) is 11.0. The molecule has 0 bridgehead atoms. The Balaban J connectivity index is 1.69. The number of nitrogens with zero attached hydrogens (tertiary/aromatic N) is 1. The number of carbonyl (C=O) groups excluding carboxylic acids is 1. The van der Waals surface area contributed by atoms with Gasteiger partial charge >= 0.3 is 12.1 Å². The van der Waals surface area contributed by atoms with Gasteiger partial charge in [-0.05, 0) is 65.9 Å². The summed E-state index contributed by atoms with van der Waals surface area (Å²) in [7, 11) is -2.76. The SMILES string of the molecule is COc1cccc(Oc2c(OCCOC(=O)Nc3ccccn3)cc(C(=O)O)c(C)c2NS(=O)(=O)c2ccc(C(C)(C)C)cc2)c1. The fourth-order valence-corrected chi connectivity index (χ4v) is 5.39. The Kier molecular flexibility index (Phi) is 10.4. The van der Waals surface area contributed by atoms with E-state index >= 15 is 0 Å². The molecule has 1 aromatic heterocycles. The Morgan fingerprint density at radius 3 is 2.28 bits per heavy atom. The van der Waals surface area contributed by atoms with E-state index < -0.39 is 22.1 Å². The van der Waals surface area contributed by atoms with E-state index in [-0.39, 0.29) is 63.4 Å². The Bertz CT molecular complexity index is 1810. The van der Waals surface area contributed by atoms with Crippen molar-refractivity contribution in [3.05, 3.63) is 95.7 Å².